The number of hydrogen-bond donors (Lipinski definition) is 1. The molecule has 0 unspecified atom stereocenters. The van der Waals surface area contributed by atoms with Crippen molar-refractivity contribution in [1.82, 2.24) is 20.3 Å². The summed E-state index contributed by atoms with van der Waals surface area (Å²) in [4.78, 5) is 14.4. The van der Waals surface area contributed by atoms with Crippen LogP contribution in [0.4, 0.5) is 0 Å². The number of nitrogens with one attached hydrogen (secondary N) is 1. The van der Waals surface area contributed by atoms with Crippen LogP contribution < -0.4 is 9.47 Å². The highest BCUT2D eigenvalue weighted by atomic mass is 16.5. The molecule has 3 rings (SSSR count). The number of carbonyl (C=O) groups excluding carboxylic acids is 1. The van der Waals surface area contributed by atoms with Crippen LogP contribution in [0.25, 0.3) is 11.3 Å². The van der Waals surface area contributed by atoms with Gasteiger partial charge in [0.15, 0.2) is 17.2 Å². The standard InChI is InChI=1S/C19H26N4O4/c1-3-26-19(24)18-17(20-22-21-18)14-7-8-15(16(13-14)25-2)27-12-11-23-9-5-4-6-10-23/h7-8,13H,3-6,9-12H2,1-2H3,(H,20,21,22). The Kier molecular flexibility index (Phi) is 6.64. The highest BCUT2D eigenvalue weighted by Crippen LogP contribution is 2.32. The van der Waals surface area contributed by atoms with Crippen molar-refractivity contribution in [3.05, 3.63) is 23.9 Å². The van der Waals surface area contributed by atoms with Crippen molar-refractivity contribution < 1.29 is 19.0 Å². The van der Waals surface area contributed by atoms with Crippen molar-refractivity contribution in [3.63, 3.8) is 0 Å². The summed E-state index contributed by atoms with van der Waals surface area (Å²) in [7, 11) is 1.59. The van der Waals surface area contributed by atoms with Crippen LogP contribution in [0.3, 0.4) is 0 Å². The predicted molar refractivity (Wildman–Crippen MR) is 100 cm³/mol. The molecule has 0 amide bonds. The summed E-state index contributed by atoms with van der Waals surface area (Å²) in [5.74, 6) is 0.741. The average Bonchev–Trinajstić information content (AvgIpc) is 3.19. The van der Waals surface area contributed by atoms with E-state index in [1.165, 1.54) is 19.3 Å². The zero-order chi connectivity index (χ0) is 19.1. The third-order valence-corrected chi connectivity index (χ3v) is 4.57. The van der Waals surface area contributed by atoms with E-state index in [4.69, 9.17) is 14.2 Å². The Hall–Kier alpha value is -2.61. The van der Waals surface area contributed by atoms with Gasteiger partial charge < -0.3 is 14.2 Å². The molecule has 1 N–H and O–H groups in total. The summed E-state index contributed by atoms with van der Waals surface area (Å²) >= 11 is 0. The minimum atomic E-state index is -0.512. The predicted octanol–water partition coefficient (Wildman–Crippen LogP) is 2.52. The lowest BCUT2D eigenvalue weighted by Gasteiger charge is -2.26. The van der Waals surface area contributed by atoms with Gasteiger partial charge in [0.2, 0.25) is 0 Å². The number of esters is 1. The number of rotatable bonds is 8. The van der Waals surface area contributed by atoms with Crippen LogP contribution in [0.2, 0.25) is 0 Å². The Labute approximate surface area is 158 Å². The molecule has 27 heavy (non-hydrogen) atoms. The lowest BCUT2D eigenvalue weighted by molar-refractivity contribution is 0.0520. The summed E-state index contributed by atoms with van der Waals surface area (Å²) in [5, 5.41) is 10.5. The van der Waals surface area contributed by atoms with Crippen LogP contribution in [0.15, 0.2) is 18.2 Å². The van der Waals surface area contributed by atoms with E-state index in [1.807, 2.05) is 12.1 Å². The Morgan fingerprint density at radius 3 is 2.74 bits per heavy atom. The van der Waals surface area contributed by atoms with Gasteiger partial charge in [-0.25, -0.2) is 4.79 Å². The van der Waals surface area contributed by atoms with E-state index in [0.717, 1.165) is 19.6 Å². The number of nitrogens with zero attached hydrogens (tertiary/aromatic N) is 3. The molecule has 1 aromatic heterocycles. The molecule has 1 saturated heterocycles. The van der Waals surface area contributed by atoms with Crippen molar-refractivity contribution in [3.8, 4) is 22.8 Å². The van der Waals surface area contributed by atoms with Crippen molar-refractivity contribution in [2.24, 2.45) is 0 Å². The van der Waals surface area contributed by atoms with E-state index in [0.29, 0.717) is 29.4 Å². The number of benzene rings is 1. The molecule has 1 aliphatic rings. The quantitative estimate of drug-likeness (QED) is 0.710. The first kappa shape index (κ1) is 19.2. The highest BCUT2D eigenvalue weighted by Gasteiger charge is 2.20. The second kappa shape index (κ2) is 9.36. The van der Waals surface area contributed by atoms with Gasteiger partial charge in [-0.05, 0) is 51.1 Å². The summed E-state index contributed by atoms with van der Waals surface area (Å²) in [6, 6.07) is 5.45. The normalized spacial score (nSPS) is 14.7. The molecule has 0 atom stereocenters. The molecule has 1 aromatic carbocycles. The lowest BCUT2D eigenvalue weighted by atomic mass is 10.1. The number of carbonyl (C=O) groups is 1. The molecule has 8 nitrogen and oxygen atoms in total. The van der Waals surface area contributed by atoms with Gasteiger partial charge >= 0.3 is 5.97 Å². The molecule has 1 fully saturated rings. The van der Waals surface area contributed by atoms with Gasteiger partial charge in [-0.2, -0.15) is 10.3 Å². The first-order chi connectivity index (χ1) is 13.2. The summed E-state index contributed by atoms with van der Waals surface area (Å²) in [5.41, 5.74) is 1.27. The molecule has 1 aliphatic heterocycles. The van der Waals surface area contributed by atoms with Gasteiger partial charge in [-0.3, -0.25) is 4.90 Å². The Morgan fingerprint density at radius 2 is 2.00 bits per heavy atom. The van der Waals surface area contributed by atoms with Crippen molar-refractivity contribution in [2.75, 3.05) is 40.0 Å². The van der Waals surface area contributed by atoms with Crippen LogP contribution in [-0.4, -0.2) is 66.2 Å². The number of piperidine rings is 1. The molecule has 2 aromatic rings. The van der Waals surface area contributed by atoms with E-state index >= 15 is 0 Å². The minimum absolute atomic E-state index is 0.151. The summed E-state index contributed by atoms with van der Waals surface area (Å²) < 4.78 is 16.4. The summed E-state index contributed by atoms with van der Waals surface area (Å²) in [6.45, 7) is 5.81. The molecule has 0 radical (unpaired) electrons. The first-order valence-corrected chi connectivity index (χ1v) is 9.34. The van der Waals surface area contributed by atoms with Gasteiger partial charge in [0, 0.05) is 12.1 Å². The SMILES string of the molecule is CCOC(=O)c1n[nH]nc1-c1ccc(OCCN2CCCCC2)c(OC)c1. The van der Waals surface area contributed by atoms with Gasteiger partial charge in [-0.15, -0.1) is 5.10 Å². The molecule has 0 saturated carbocycles. The van der Waals surface area contributed by atoms with Gasteiger partial charge in [0.1, 0.15) is 12.3 Å². The number of H-pyrrole nitrogens is 1. The third-order valence-electron chi connectivity index (χ3n) is 4.57. The first-order valence-electron chi connectivity index (χ1n) is 9.34. The van der Waals surface area contributed by atoms with Gasteiger partial charge in [-0.1, -0.05) is 6.42 Å². The molecule has 0 aliphatic carbocycles. The molecule has 8 heteroatoms. The topological polar surface area (TPSA) is 89.6 Å². The third kappa shape index (κ3) is 4.77. The van der Waals surface area contributed by atoms with Crippen molar-refractivity contribution in [2.45, 2.75) is 26.2 Å². The fraction of sp³-hybridized carbons (Fsp3) is 0.526. The number of ether oxygens (including phenoxy) is 3. The Bertz CT molecular complexity index is 756. The molecule has 2 heterocycles. The van der Waals surface area contributed by atoms with Crippen LogP contribution in [0, 0.1) is 0 Å². The van der Waals surface area contributed by atoms with E-state index in [-0.39, 0.29) is 12.3 Å². The molecular weight excluding hydrogens is 348 g/mol. The number of hydrogen-bond acceptors (Lipinski definition) is 7. The maximum absolute atomic E-state index is 12.0. The Morgan fingerprint density at radius 1 is 1.19 bits per heavy atom. The van der Waals surface area contributed by atoms with Crippen LogP contribution in [0.5, 0.6) is 11.5 Å². The second-order valence-corrected chi connectivity index (χ2v) is 6.36. The molecule has 0 bridgehead atoms. The molecule has 0 spiro atoms. The van der Waals surface area contributed by atoms with E-state index in [9.17, 15) is 4.79 Å². The maximum Gasteiger partial charge on any atom is 0.361 e. The van der Waals surface area contributed by atoms with E-state index in [1.54, 1.807) is 20.1 Å². The number of methoxy groups -OCH3 is 1. The van der Waals surface area contributed by atoms with Crippen LogP contribution in [-0.2, 0) is 4.74 Å². The highest BCUT2D eigenvalue weighted by molar-refractivity contribution is 5.94. The maximum atomic E-state index is 12.0. The second-order valence-electron chi connectivity index (χ2n) is 6.36. The molecular formula is C19H26N4O4. The number of aromatic amines is 1. The zero-order valence-electron chi connectivity index (χ0n) is 15.9. The van der Waals surface area contributed by atoms with Crippen LogP contribution >= 0.6 is 0 Å². The number of aromatic nitrogens is 3. The van der Waals surface area contributed by atoms with E-state index in [2.05, 4.69) is 20.3 Å². The monoisotopic (exact) mass is 374 g/mol. The van der Waals surface area contributed by atoms with Gasteiger partial charge in [0.05, 0.1) is 13.7 Å². The zero-order valence-corrected chi connectivity index (χ0v) is 15.9. The average molecular weight is 374 g/mol. The molecule has 146 valence electrons. The summed E-state index contributed by atoms with van der Waals surface area (Å²) in [6.07, 6.45) is 3.85. The van der Waals surface area contributed by atoms with Crippen LogP contribution in [0.1, 0.15) is 36.7 Å². The largest absolute Gasteiger partial charge is 0.493 e. The minimum Gasteiger partial charge on any atom is -0.493 e. The Balaban J connectivity index is 1.69. The number of likely N-dealkylation sites (tertiary alicyclic amines) is 1. The fourth-order valence-corrected chi connectivity index (χ4v) is 3.18. The smallest absolute Gasteiger partial charge is 0.361 e. The fourth-order valence-electron chi connectivity index (χ4n) is 3.18. The van der Waals surface area contributed by atoms with Crippen molar-refractivity contribution >= 4 is 5.97 Å². The van der Waals surface area contributed by atoms with E-state index < -0.39 is 5.97 Å². The lowest BCUT2D eigenvalue weighted by Crippen LogP contribution is -2.33. The van der Waals surface area contributed by atoms with Gasteiger partial charge in [0.25, 0.3) is 0 Å². The van der Waals surface area contributed by atoms with Crippen molar-refractivity contribution in [1.29, 1.82) is 0 Å².